The second kappa shape index (κ2) is 2.88. The number of nitrogens with zero attached hydrogens (tertiary/aromatic N) is 2. The van der Waals surface area contributed by atoms with Gasteiger partial charge in [-0.3, -0.25) is 0 Å². The molecule has 0 saturated heterocycles. The van der Waals surface area contributed by atoms with Crippen LogP contribution in [0.25, 0.3) is 0 Å². The Morgan fingerprint density at radius 3 is 3.20 bits per heavy atom. The molecule has 0 atom stereocenters. The van der Waals surface area contributed by atoms with E-state index in [1.165, 1.54) is 30.3 Å². The number of thioether (sulfide) groups is 1. The van der Waals surface area contributed by atoms with Crippen LogP contribution in [0.2, 0.25) is 0 Å². The first-order chi connectivity index (χ1) is 4.95. The molecule has 1 aliphatic carbocycles. The predicted octanol–water partition coefficient (Wildman–Crippen LogP) is 2.04. The fourth-order valence-electron chi connectivity index (χ4n) is 0.707. The minimum absolute atomic E-state index is 0.978. The molecular weight excluding hydrogens is 164 g/mol. The lowest BCUT2D eigenvalue weighted by molar-refractivity contribution is 0.997. The summed E-state index contributed by atoms with van der Waals surface area (Å²) in [6.07, 6.45) is 4.69. The summed E-state index contributed by atoms with van der Waals surface area (Å²) < 4.78 is 8.04. The second-order valence-corrected chi connectivity index (χ2v) is 4.10. The van der Waals surface area contributed by atoms with Crippen molar-refractivity contribution >= 4 is 23.5 Å². The molecule has 0 radical (unpaired) electrons. The summed E-state index contributed by atoms with van der Waals surface area (Å²) in [5, 5.41) is 1.09. The average molecular weight is 172 g/mol. The Bertz CT molecular complexity index is 194. The van der Waals surface area contributed by atoms with Gasteiger partial charge in [-0.05, 0) is 18.8 Å². The highest BCUT2D eigenvalue weighted by Gasteiger charge is 2.21. The van der Waals surface area contributed by atoms with Crippen molar-refractivity contribution in [2.45, 2.75) is 17.9 Å². The van der Waals surface area contributed by atoms with E-state index in [-0.39, 0.29) is 0 Å². The van der Waals surface area contributed by atoms with Crippen LogP contribution >= 0.6 is 23.5 Å². The zero-order chi connectivity index (χ0) is 6.81. The minimum atomic E-state index is 0.978. The lowest BCUT2D eigenvalue weighted by atomic mass is 10.5. The molecule has 0 spiro atoms. The maximum atomic E-state index is 4.11. The van der Waals surface area contributed by atoms with Crippen molar-refractivity contribution in [2.24, 2.45) is 5.92 Å². The summed E-state index contributed by atoms with van der Waals surface area (Å²) >= 11 is 3.13. The molecule has 2 rings (SSSR count). The maximum absolute atomic E-state index is 4.11. The van der Waals surface area contributed by atoms with Gasteiger partial charge in [0.15, 0.2) is 0 Å². The molecule has 2 nitrogen and oxygen atoms in total. The molecule has 0 N–H and O–H groups in total. The molecule has 0 aromatic carbocycles. The lowest BCUT2D eigenvalue weighted by Crippen LogP contribution is -1.79. The molecule has 0 bridgehead atoms. The summed E-state index contributed by atoms with van der Waals surface area (Å²) in [5.74, 6) is 2.22. The summed E-state index contributed by atoms with van der Waals surface area (Å²) in [6, 6.07) is 0. The molecule has 1 fully saturated rings. The van der Waals surface area contributed by atoms with E-state index in [4.69, 9.17) is 0 Å². The first-order valence-electron chi connectivity index (χ1n) is 3.35. The number of hydrogen-bond acceptors (Lipinski definition) is 4. The summed E-state index contributed by atoms with van der Waals surface area (Å²) in [4.78, 5) is 0. The summed E-state index contributed by atoms with van der Waals surface area (Å²) in [5.41, 5.74) is 0. The molecule has 1 aromatic rings. The SMILES string of the molecule is c1nsnc1SCC1CC1. The van der Waals surface area contributed by atoms with Crippen molar-refractivity contribution in [3.63, 3.8) is 0 Å². The number of hydrogen-bond donors (Lipinski definition) is 0. The van der Waals surface area contributed by atoms with Crippen LogP contribution in [-0.2, 0) is 0 Å². The molecule has 1 saturated carbocycles. The van der Waals surface area contributed by atoms with Gasteiger partial charge in [-0.2, -0.15) is 8.75 Å². The third-order valence-corrected chi connectivity index (χ3v) is 3.23. The summed E-state index contributed by atoms with van der Waals surface area (Å²) in [6.45, 7) is 0. The topological polar surface area (TPSA) is 25.8 Å². The van der Waals surface area contributed by atoms with Crippen LogP contribution in [0.1, 0.15) is 12.8 Å². The van der Waals surface area contributed by atoms with Gasteiger partial charge in [0, 0.05) is 5.75 Å². The van der Waals surface area contributed by atoms with Crippen molar-refractivity contribution in [3.8, 4) is 0 Å². The van der Waals surface area contributed by atoms with E-state index in [1.807, 2.05) is 18.0 Å². The van der Waals surface area contributed by atoms with E-state index in [0.717, 1.165) is 10.9 Å². The van der Waals surface area contributed by atoms with E-state index in [1.54, 1.807) is 0 Å². The van der Waals surface area contributed by atoms with E-state index >= 15 is 0 Å². The van der Waals surface area contributed by atoms with Crippen LogP contribution in [0.5, 0.6) is 0 Å². The lowest BCUT2D eigenvalue weighted by Gasteiger charge is -1.90. The first-order valence-corrected chi connectivity index (χ1v) is 5.07. The predicted molar refractivity (Wildman–Crippen MR) is 43.4 cm³/mol. The molecule has 0 amide bonds. The zero-order valence-corrected chi connectivity index (χ0v) is 7.12. The van der Waals surface area contributed by atoms with E-state index in [9.17, 15) is 0 Å². The summed E-state index contributed by atoms with van der Waals surface area (Å²) in [7, 11) is 0. The molecule has 1 aliphatic rings. The van der Waals surface area contributed by atoms with Crippen molar-refractivity contribution in [1.29, 1.82) is 0 Å². The quantitative estimate of drug-likeness (QED) is 0.652. The third kappa shape index (κ3) is 1.70. The molecule has 1 aromatic heterocycles. The van der Waals surface area contributed by atoms with Crippen LogP contribution in [0.4, 0.5) is 0 Å². The Labute approximate surface area is 68.4 Å². The molecule has 4 heteroatoms. The zero-order valence-electron chi connectivity index (χ0n) is 5.49. The molecule has 10 heavy (non-hydrogen) atoms. The fourth-order valence-corrected chi connectivity index (χ4v) is 2.27. The highest BCUT2D eigenvalue weighted by Crippen LogP contribution is 2.34. The largest absolute Gasteiger partial charge is 0.180 e. The Hall–Kier alpha value is -0.0900. The smallest absolute Gasteiger partial charge is 0.130 e. The highest BCUT2D eigenvalue weighted by atomic mass is 32.2. The third-order valence-electron chi connectivity index (χ3n) is 1.50. The van der Waals surface area contributed by atoms with E-state index in [0.29, 0.717) is 0 Å². The number of rotatable bonds is 3. The second-order valence-electron chi connectivity index (χ2n) is 2.50. The molecule has 0 unspecified atom stereocenters. The molecule has 54 valence electrons. The van der Waals surface area contributed by atoms with Crippen LogP contribution < -0.4 is 0 Å². The molecule has 1 heterocycles. The van der Waals surface area contributed by atoms with Gasteiger partial charge < -0.3 is 0 Å². The van der Waals surface area contributed by atoms with Gasteiger partial charge in [0.05, 0.1) is 17.9 Å². The van der Waals surface area contributed by atoms with Gasteiger partial charge in [-0.15, -0.1) is 11.8 Å². The van der Waals surface area contributed by atoms with Crippen molar-refractivity contribution in [3.05, 3.63) is 6.20 Å². The fraction of sp³-hybridized carbons (Fsp3) is 0.667. The monoisotopic (exact) mass is 172 g/mol. The van der Waals surface area contributed by atoms with Gasteiger partial charge in [-0.1, -0.05) is 0 Å². The van der Waals surface area contributed by atoms with E-state index < -0.39 is 0 Å². The standard InChI is InChI=1S/C6H8N2S2/c1-2-5(1)4-9-6-3-7-10-8-6/h3,5H,1-2,4H2. The Kier molecular flexibility index (Phi) is 1.90. The van der Waals surface area contributed by atoms with Crippen LogP contribution in [0.15, 0.2) is 11.2 Å². The minimum Gasteiger partial charge on any atom is -0.180 e. The van der Waals surface area contributed by atoms with Crippen LogP contribution in [-0.4, -0.2) is 14.5 Å². The van der Waals surface area contributed by atoms with Crippen LogP contribution in [0.3, 0.4) is 0 Å². The maximum Gasteiger partial charge on any atom is 0.130 e. The first kappa shape index (κ1) is 6.61. The van der Waals surface area contributed by atoms with Crippen molar-refractivity contribution < 1.29 is 0 Å². The molecular formula is C6H8N2S2. The highest BCUT2D eigenvalue weighted by molar-refractivity contribution is 7.99. The number of aromatic nitrogens is 2. The average Bonchev–Trinajstić information content (AvgIpc) is 2.63. The van der Waals surface area contributed by atoms with Crippen molar-refractivity contribution in [2.75, 3.05) is 5.75 Å². The van der Waals surface area contributed by atoms with Crippen molar-refractivity contribution in [1.82, 2.24) is 8.75 Å². The Morgan fingerprint density at radius 1 is 1.70 bits per heavy atom. The Balaban J connectivity index is 1.79. The van der Waals surface area contributed by atoms with Gasteiger partial charge in [0.25, 0.3) is 0 Å². The molecule has 0 aliphatic heterocycles. The Morgan fingerprint density at radius 2 is 2.60 bits per heavy atom. The van der Waals surface area contributed by atoms with Gasteiger partial charge in [0.2, 0.25) is 0 Å². The van der Waals surface area contributed by atoms with Gasteiger partial charge >= 0.3 is 0 Å². The normalized spacial score (nSPS) is 17.6. The van der Waals surface area contributed by atoms with Gasteiger partial charge in [0.1, 0.15) is 5.03 Å². The van der Waals surface area contributed by atoms with Gasteiger partial charge in [-0.25, -0.2) is 0 Å². The van der Waals surface area contributed by atoms with E-state index in [2.05, 4.69) is 8.75 Å². The van der Waals surface area contributed by atoms with Crippen LogP contribution in [0, 0.1) is 5.92 Å².